The highest BCUT2D eigenvalue weighted by atomic mass is 32.2. The van der Waals surface area contributed by atoms with Crippen molar-refractivity contribution in [2.45, 2.75) is 23.0 Å². The van der Waals surface area contributed by atoms with Crippen LogP contribution in [0.4, 0.5) is 11.4 Å². The van der Waals surface area contributed by atoms with Crippen LogP contribution in [0, 0.1) is 11.8 Å². The van der Waals surface area contributed by atoms with E-state index in [9.17, 15) is 24.3 Å². The van der Waals surface area contributed by atoms with Crippen LogP contribution in [0.1, 0.15) is 34.0 Å². The molecule has 4 rings (SSSR count). The first-order valence-corrected chi connectivity index (χ1v) is 12.8. The van der Waals surface area contributed by atoms with Crippen LogP contribution < -0.4 is 10.6 Å². The number of carbonyl (C=O) groups is 4. The maximum atomic E-state index is 13.3. The lowest BCUT2D eigenvalue weighted by atomic mass is 9.82. The molecule has 0 fully saturated rings. The van der Waals surface area contributed by atoms with Gasteiger partial charge in [0.1, 0.15) is 5.25 Å². The highest BCUT2D eigenvalue weighted by Gasteiger charge is 2.34. The van der Waals surface area contributed by atoms with Crippen LogP contribution in [-0.2, 0) is 14.4 Å². The van der Waals surface area contributed by atoms with E-state index in [4.69, 9.17) is 5.11 Å². The number of aliphatic carboxylic acids is 1. The fraction of sp³-hybridized carbons (Fsp3) is 0.172. The standard InChI is InChI=1S/C29H26N2O6S/c32-26(23-8-4-5-9-24(23)29(36)37)30-21-14-16-22(17-15-21)38-25(18-6-2-1-3-7-18)27(33)31-20-12-10-19(11-13-20)28(34)35/h1-7,10-17,23-25H,8-9H2,(H,30,32)(H,31,33)(H,34,35)(H,36,37). The quantitative estimate of drug-likeness (QED) is 0.213. The maximum absolute atomic E-state index is 13.3. The first kappa shape index (κ1) is 26.7. The van der Waals surface area contributed by atoms with Gasteiger partial charge in [-0.15, -0.1) is 11.8 Å². The Labute approximate surface area is 223 Å². The molecule has 0 aliphatic heterocycles. The second kappa shape index (κ2) is 12.2. The van der Waals surface area contributed by atoms with Crippen LogP contribution in [0.3, 0.4) is 0 Å². The number of hydrogen-bond donors (Lipinski definition) is 4. The summed E-state index contributed by atoms with van der Waals surface area (Å²) >= 11 is 1.33. The molecule has 38 heavy (non-hydrogen) atoms. The van der Waals surface area contributed by atoms with Gasteiger partial charge in [-0.1, -0.05) is 42.5 Å². The summed E-state index contributed by atoms with van der Waals surface area (Å²) in [5, 5.41) is 23.6. The molecule has 0 spiro atoms. The molecule has 3 aromatic carbocycles. The number of nitrogens with one attached hydrogen (secondary N) is 2. The minimum Gasteiger partial charge on any atom is -0.481 e. The summed E-state index contributed by atoms with van der Waals surface area (Å²) in [5.41, 5.74) is 1.94. The number of rotatable bonds is 9. The zero-order valence-electron chi connectivity index (χ0n) is 20.2. The molecule has 194 valence electrons. The van der Waals surface area contributed by atoms with Gasteiger partial charge in [-0.05, 0) is 66.9 Å². The molecule has 0 saturated heterocycles. The predicted octanol–water partition coefficient (Wildman–Crippen LogP) is 5.46. The number of allylic oxidation sites excluding steroid dienone is 2. The minimum atomic E-state index is -1.04. The molecule has 9 heteroatoms. The number of benzene rings is 3. The molecule has 8 nitrogen and oxygen atoms in total. The summed E-state index contributed by atoms with van der Waals surface area (Å²) in [7, 11) is 0. The van der Waals surface area contributed by atoms with Gasteiger partial charge in [-0.2, -0.15) is 0 Å². The molecular weight excluding hydrogens is 504 g/mol. The van der Waals surface area contributed by atoms with Crippen LogP contribution in [0.15, 0.2) is 95.9 Å². The molecule has 0 aromatic heterocycles. The second-order valence-corrected chi connectivity index (χ2v) is 9.97. The molecule has 1 aliphatic rings. The fourth-order valence-electron chi connectivity index (χ4n) is 4.17. The molecule has 4 N–H and O–H groups in total. The SMILES string of the molecule is O=C(O)c1ccc(NC(=O)C(Sc2ccc(NC(=O)C3CC=CCC3C(=O)O)cc2)c2ccccc2)cc1. The Bertz CT molecular complexity index is 1340. The second-order valence-electron chi connectivity index (χ2n) is 8.79. The van der Waals surface area contributed by atoms with Crippen molar-refractivity contribution in [3.05, 3.63) is 102 Å². The monoisotopic (exact) mass is 530 g/mol. The van der Waals surface area contributed by atoms with Gasteiger partial charge in [-0.3, -0.25) is 14.4 Å². The molecule has 0 radical (unpaired) electrons. The van der Waals surface area contributed by atoms with Crippen LogP contribution in [0.5, 0.6) is 0 Å². The lowest BCUT2D eigenvalue weighted by molar-refractivity contribution is -0.146. The number of anilines is 2. The Morgan fingerprint density at radius 1 is 0.737 bits per heavy atom. The summed E-state index contributed by atoms with van der Waals surface area (Å²) in [6, 6.07) is 22.2. The Morgan fingerprint density at radius 3 is 1.92 bits per heavy atom. The van der Waals surface area contributed by atoms with E-state index in [0.29, 0.717) is 24.2 Å². The van der Waals surface area contributed by atoms with Crippen molar-refractivity contribution in [3.63, 3.8) is 0 Å². The third kappa shape index (κ3) is 6.68. The van der Waals surface area contributed by atoms with Crippen molar-refractivity contribution < 1.29 is 29.4 Å². The van der Waals surface area contributed by atoms with Crippen LogP contribution in [0.25, 0.3) is 0 Å². The predicted molar refractivity (Wildman–Crippen MR) is 145 cm³/mol. The number of thioether (sulfide) groups is 1. The highest BCUT2D eigenvalue weighted by molar-refractivity contribution is 8.00. The molecule has 0 saturated carbocycles. The molecule has 3 atom stereocenters. The van der Waals surface area contributed by atoms with E-state index in [1.807, 2.05) is 36.4 Å². The normalized spacial score (nSPS) is 17.3. The zero-order valence-corrected chi connectivity index (χ0v) is 21.1. The first-order valence-electron chi connectivity index (χ1n) is 12.0. The van der Waals surface area contributed by atoms with E-state index in [-0.39, 0.29) is 17.4 Å². The zero-order chi connectivity index (χ0) is 27.1. The average molecular weight is 531 g/mol. The van der Waals surface area contributed by atoms with Crippen molar-refractivity contribution in [3.8, 4) is 0 Å². The minimum absolute atomic E-state index is 0.127. The number of aromatic carboxylic acids is 1. The van der Waals surface area contributed by atoms with Crippen molar-refractivity contribution in [2.24, 2.45) is 11.8 Å². The van der Waals surface area contributed by atoms with Crippen molar-refractivity contribution in [2.75, 3.05) is 10.6 Å². The van der Waals surface area contributed by atoms with Gasteiger partial charge >= 0.3 is 11.9 Å². The van der Waals surface area contributed by atoms with Gasteiger partial charge < -0.3 is 20.8 Å². The third-order valence-corrected chi connectivity index (χ3v) is 7.47. The van der Waals surface area contributed by atoms with Crippen molar-refractivity contribution in [1.29, 1.82) is 0 Å². The topological polar surface area (TPSA) is 133 Å². The van der Waals surface area contributed by atoms with E-state index in [2.05, 4.69) is 10.6 Å². The largest absolute Gasteiger partial charge is 0.481 e. The van der Waals surface area contributed by atoms with E-state index in [0.717, 1.165) is 10.5 Å². The van der Waals surface area contributed by atoms with Crippen molar-refractivity contribution in [1.82, 2.24) is 0 Å². The summed E-state index contributed by atoms with van der Waals surface area (Å²) in [4.78, 5) is 49.4. The number of carboxylic acid groups (broad SMARTS) is 2. The maximum Gasteiger partial charge on any atom is 0.335 e. The van der Waals surface area contributed by atoms with Gasteiger partial charge in [0.05, 0.1) is 17.4 Å². The summed E-state index contributed by atoms with van der Waals surface area (Å²) in [6.07, 6.45) is 4.33. The van der Waals surface area contributed by atoms with Crippen LogP contribution >= 0.6 is 11.8 Å². The van der Waals surface area contributed by atoms with Gasteiger partial charge in [-0.25, -0.2) is 4.79 Å². The fourth-order valence-corrected chi connectivity index (χ4v) is 5.19. The van der Waals surface area contributed by atoms with E-state index < -0.39 is 29.0 Å². The molecule has 0 bridgehead atoms. The molecule has 3 aromatic rings. The Balaban J connectivity index is 1.46. The molecule has 3 unspecified atom stereocenters. The smallest absolute Gasteiger partial charge is 0.335 e. The van der Waals surface area contributed by atoms with Gasteiger partial charge in [0, 0.05) is 16.3 Å². The Morgan fingerprint density at radius 2 is 1.32 bits per heavy atom. The highest BCUT2D eigenvalue weighted by Crippen LogP contribution is 2.37. The third-order valence-electron chi connectivity index (χ3n) is 6.20. The van der Waals surface area contributed by atoms with E-state index in [1.165, 1.54) is 23.9 Å². The summed E-state index contributed by atoms with van der Waals surface area (Å²) in [5.74, 6) is -4.02. The van der Waals surface area contributed by atoms with Gasteiger partial charge in [0.2, 0.25) is 11.8 Å². The van der Waals surface area contributed by atoms with Crippen molar-refractivity contribution >= 4 is 46.9 Å². The van der Waals surface area contributed by atoms with Gasteiger partial charge in [0.25, 0.3) is 0 Å². The number of carboxylic acids is 2. The Kier molecular flexibility index (Phi) is 8.60. The van der Waals surface area contributed by atoms with Gasteiger partial charge in [0.15, 0.2) is 0 Å². The molecule has 1 aliphatic carbocycles. The lowest BCUT2D eigenvalue weighted by Crippen LogP contribution is -2.34. The molecular formula is C29H26N2O6S. The average Bonchev–Trinajstić information content (AvgIpc) is 2.93. The van der Waals surface area contributed by atoms with Crippen LogP contribution in [0.2, 0.25) is 0 Å². The van der Waals surface area contributed by atoms with E-state index in [1.54, 1.807) is 42.5 Å². The number of amides is 2. The van der Waals surface area contributed by atoms with Crippen LogP contribution in [-0.4, -0.2) is 34.0 Å². The number of hydrogen-bond acceptors (Lipinski definition) is 5. The Hall–Kier alpha value is -4.37. The summed E-state index contributed by atoms with van der Waals surface area (Å²) in [6.45, 7) is 0. The lowest BCUT2D eigenvalue weighted by Gasteiger charge is -2.24. The molecule has 0 heterocycles. The number of carbonyl (C=O) groups excluding carboxylic acids is 2. The summed E-state index contributed by atoms with van der Waals surface area (Å²) < 4.78 is 0. The molecule has 2 amide bonds. The first-order chi connectivity index (χ1) is 18.3. The van der Waals surface area contributed by atoms with E-state index >= 15 is 0 Å².